The summed E-state index contributed by atoms with van der Waals surface area (Å²) in [4.78, 5) is 4.82. The maximum absolute atomic E-state index is 7.23. The maximum atomic E-state index is 7.23. The molecule has 2 aliphatic rings. The lowest BCUT2D eigenvalue weighted by atomic mass is 9.74. The molecule has 13 rings (SSSR count). The number of anilines is 6. The van der Waals surface area contributed by atoms with Crippen LogP contribution in [0.5, 0.6) is 0 Å². The highest BCUT2D eigenvalue weighted by Crippen LogP contribution is 2.62. The Balaban J connectivity index is 0.935. The van der Waals surface area contributed by atoms with Gasteiger partial charge in [-0.25, -0.2) is 0 Å². The summed E-state index contributed by atoms with van der Waals surface area (Å²) in [7, 11) is 0. The van der Waals surface area contributed by atoms with Crippen molar-refractivity contribution in [3.05, 3.63) is 241 Å². The summed E-state index contributed by atoms with van der Waals surface area (Å²) in [5, 5.41) is 2.20. The van der Waals surface area contributed by atoms with Crippen molar-refractivity contribution < 1.29 is 8.83 Å². The molecule has 2 heterocycles. The van der Waals surface area contributed by atoms with E-state index in [0.717, 1.165) is 89.8 Å². The summed E-state index contributed by atoms with van der Waals surface area (Å²) in [6.45, 7) is 9.52. The van der Waals surface area contributed by atoms with Gasteiger partial charge in [-0.15, -0.1) is 0 Å². The monoisotopic (exact) mass is 876 g/mol. The van der Waals surface area contributed by atoms with Gasteiger partial charge in [0.15, 0.2) is 0 Å². The number of hydrogen-bond acceptors (Lipinski definition) is 4. The van der Waals surface area contributed by atoms with Gasteiger partial charge in [-0.1, -0.05) is 161 Å². The van der Waals surface area contributed by atoms with Crippen LogP contribution in [0, 0.1) is 0 Å². The predicted octanol–water partition coefficient (Wildman–Crippen LogP) is 18.1. The molecule has 4 nitrogen and oxygen atoms in total. The van der Waals surface area contributed by atoms with Crippen molar-refractivity contribution in [1.29, 1.82) is 0 Å². The molecule has 0 spiro atoms. The fourth-order valence-corrected chi connectivity index (χ4v) is 11.4. The lowest BCUT2D eigenvalue weighted by molar-refractivity contribution is 0.592. The number of para-hydroxylation sites is 4. The molecule has 68 heavy (non-hydrogen) atoms. The Labute approximate surface area is 397 Å². The molecule has 2 aromatic heterocycles. The van der Waals surface area contributed by atoms with Crippen LogP contribution in [0.4, 0.5) is 34.1 Å². The molecule has 0 unspecified atom stereocenters. The van der Waals surface area contributed by atoms with Crippen molar-refractivity contribution in [2.75, 3.05) is 9.80 Å². The van der Waals surface area contributed by atoms with E-state index in [1.165, 1.54) is 33.4 Å². The molecule has 0 aliphatic heterocycles. The lowest BCUT2D eigenvalue weighted by Crippen LogP contribution is -2.23. The highest BCUT2D eigenvalue weighted by molar-refractivity contribution is 6.07. The van der Waals surface area contributed by atoms with Crippen molar-refractivity contribution in [2.45, 2.75) is 38.5 Å². The zero-order valence-corrected chi connectivity index (χ0v) is 38.5. The zero-order chi connectivity index (χ0) is 45.7. The van der Waals surface area contributed by atoms with Crippen LogP contribution in [0.2, 0.25) is 0 Å². The van der Waals surface area contributed by atoms with Gasteiger partial charge in [-0.05, 0) is 107 Å². The number of benzene rings is 9. The summed E-state index contributed by atoms with van der Waals surface area (Å²) in [6, 6.07) is 78.4. The topological polar surface area (TPSA) is 32.8 Å². The predicted molar refractivity (Wildman–Crippen MR) is 281 cm³/mol. The minimum absolute atomic E-state index is 0.343. The van der Waals surface area contributed by atoms with E-state index in [1.807, 2.05) is 12.1 Å². The smallest absolute Gasteiger partial charge is 0.139 e. The third-order valence-electron chi connectivity index (χ3n) is 14.6. The van der Waals surface area contributed by atoms with E-state index < -0.39 is 0 Å². The van der Waals surface area contributed by atoms with Crippen LogP contribution in [-0.2, 0) is 10.8 Å². The first-order valence-electron chi connectivity index (χ1n) is 23.6. The molecule has 326 valence electrons. The molecule has 4 heteroatoms. The van der Waals surface area contributed by atoms with E-state index >= 15 is 0 Å². The Bertz CT molecular complexity index is 3750. The molecule has 0 radical (unpaired) electrons. The van der Waals surface area contributed by atoms with E-state index in [2.05, 4.69) is 244 Å². The van der Waals surface area contributed by atoms with Gasteiger partial charge < -0.3 is 18.6 Å². The molecular weight excluding hydrogens is 829 g/mol. The minimum Gasteiger partial charge on any atom is -0.456 e. The summed E-state index contributed by atoms with van der Waals surface area (Å²) in [6.07, 6.45) is 0. The number of fused-ring (bicyclic) bond motifs is 10. The Kier molecular flexibility index (Phi) is 8.88. The fraction of sp³-hybridized carbons (Fsp3) is 0.0938. The second-order valence-corrected chi connectivity index (χ2v) is 19.3. The molecule has 2 aliphatic carbocycles. The average Bonchev–Trinajstić information content (AvgIpc) is 4.08. The lowest BCUT2D eigenvalue weighted by Gasteiger charge is -2.31. The molecule has 0 N–H and O–H groups in total. The van der Waals surface area contributed by atoms with Gasteiger partial charge in [0, 0.05) is 77.7 Å². The molecule has 0 bridgehead atoms. The summed E-state index contributed by atoms with van der Waals surface area (Å²) < 4.78 is 13.6. The summed E-state index contributed by atoms with van der Waals surface area (Å²) in [5.41, 5.74) is 19.7. The van der Waals surface area contributed by atoms with Gasteiger partial charge in [0.2, 0.25) is 0 Å². The van der Waals surface area contributed by atoms with Crippen molar-refractivity contribution in [3.8, 4) is 44.9 Å². The Hall–Kier alpha value is -8.34. The van der Waals surface area contributed by atoms with Crippen LogP contribution >= 0.6 is 0 Å². The highest BCUT2D eigenvalue weighted by Gasteiger charge is 2.50. The summed E-state index contributed by atoms with van der Waals surface area (Å²) in [5.74, 6) is 1.97. The maximum Gasteiger partial charge on any atom is 0.139 e. The third kappa shape index (κ3) is 6.00. The van der Waals surface area contributed by atoms with Crippen molar-refractivity contribution in [3.63, 3.8) is 0 Å². The average molecular weight is 877 g/mol. The zero-order valence-electron chi connectivity index (χ0n) is 38.5. The second-order valence-electron chi connectivity index (χ2n) is 19.3. The third-order valence-corrected chi connectivity index (χ3v) is 14.6. The molecule has 11 aromatic rings. The summed E-state index contributed by atoms with van der Waals surface area (Å²) >= 11 is 0. The normalized spacial score (nSPS) is 13.8. The van der Waals surface area contributed by atoms with Gasteiger partial charge in [0.1, 0.15) is 22.7 Å². The molecule has 9 aromatic carbocycles. The van der Waals surface area contributed by atoms with E-state index in [-0.39, 0.29) is 10.8 Å². The van der Waals surface area contributed by atoms with E-state index in [0.29, 0.717) is 0 Å². The minimum atomic E-state index is -0.361. The Morgan fingerprint density at radius 3 is 1.31 bits per heavy atom. The van der Waals surface area contributed by atoms with E-state index in [1.54, 1.807) is 0 Å². The molecular formula is C64H48N2O2. The van der Waals surface area contributed by atoms with Crippen molar-refractivity contribution in [2.24, 2.45) is 0 Å². The quantitative estimate of drug-likeness (QED) is 0.152. The number of furan rings is 2. The molecule has 0 fully saturated rings. The van der Waals surface area contributed by atoms with Crippen molar-refractivity contribution in [1.82, 2.24) is 0 Å². The number of rotatable bonds is 8. The van der Waals surface area contributed by atoms with Gasteiger partial charge in [-0.3, -0.25) is 0 Å². The standard InChI is InChI=1S/C64H48N2O2/c1-63(2)53-39-45(65(43-24-12-7-13-25-43)55-29-17-14-26-47(55)41-20-8-5-9-21-41)32-35-50(53)61-59(63)60-62(68-61)51-36-33-46(40-54(51)64(60,3)4)66(56-30-18-15-27-48(56)42-22-10-6-11-23-42)44-34-37-58-52(38-44)49-28-16-19-31-57(49)67-58/h5-40H,1-4H3. The van der Waals surface area contributed by atoms with Crippen molar-refractivity contribution >= 4 is 56.1 Å². The van der Waals surface area contributed by atoms with Crippen LogP contribution < -0.4 is 9.80 Å². The van der Waals surface area contributed by atoms with Crippen LogP contribution in [0.1, 0.15) is 49.9 Å². The Morgan fingerprint density at radius 2 is 0.750 bits per heavy atom. The first kappa shape index (κ1) is 40.0. The van der Waals surface area contributed by atoms with Crippen LogP contribution in [0.25, 0.3) is 66.8 Å². The van der Waals surface area contributed by atoms with Crippen LogP contribution in [0.15, 0.2) is 227 Å². The van der Waals surface area contributed by atoms with E-state index in [4.69, 9.17) is 8.83 Å². The number of hydrogen-bond donors (Lipinski definition) is 0. The van der Waals surface area contributed by atoms with E-state index in [9.17, 15) is 0 Å². The molecule has 0 saturated carbocycles. The Morgan fingerprint density at radius 1 is 0.324 bits per heavy atom. The molecule has 0 amide bonds. The highest BCUT2D eigenvalue weighted by atomic mass is 16.3. The molecule has 0 atom stereocenters. The molecule has 0 saturated heterocycles. The van der Waals surface area contributed by atoms with Gasteiger partial charge in [0.05, 0.1) is 11.4 Å². The van der Waals surface area contributed by atoms with Gasteiger partial charge >= 0.3 is 0 Å². The second kappa shape index (κ2) is 15.1. The van der Waals surface area contributed by atoms with Crippen LogP contribution in [0.3, 0.4) is 0 Å². The van der Waals surface area contributed by atoms with Crippen LogP contribution in [-0.4, -0.2) is 0 Å². The first-order valence-corrected chi connectivity index (χ1v) is 23.6. The SMILES string of the molecule is CC1(C)c2cc(N(c3ccccc3)c3ccccc3-c3ccccc3)ccc2-c2oc3c(c21)C(C)(C)c1cc(N(c2ccc4oc5ccccc5c4c2)c2ccccc2-c2ccccc2)ccc1-3. The fourth-order valence-electron chi connectivity index (χ4n) is 11.4. The first-order chi connectivity index (χ1) is 33.3. The van der Waals surface area contributed by atoms with Gasteiger partial charge in [0.25, 0.3) is 0 Å². The largest absolute Gasteiger partial charge is 0.456 e. The number of nitrogens with zero attached hydrogens (tertiary/aromatic N) is 2. The van der Waals surface area contributed by atoms with Gasteiger partial charge in [-0.2, -0.15) is 0 Å².